The van der Waals surface area contributed by atoms with Crippen molar-refractivity contribution < 1.29 is 14.3 Å². The Labute approximate surface area is 164 Å². The summed E-state index contributed by atoms with van der Waals surface area (Å²) in [4.78, 5) is 25.8. The molecule has 2 N–H and O–H groups in total. The van der Waals surface area contributed by atoms with Crippen LogP contribution in [0.4, 0.5) is 4.79 Å². The van der Waals surface area contributed by atoms with Crippen molar-refractivity contribution >= 4 is 35.4 Å². The van der Waals surface area contributed by atoms with E-state index in [4.69, 9.17) is 16.3 Å². The third-order valence-corrected chi connectivity index (χ3v) is 5.38. The molecule has 0 radical (unpaired) electrons. The molecular formula is C19H27ClN2O3S. The van der Waals surface area contributed by atoms with Gasteiger partial charge in [0.25, 0.3) is 5.91 Å². The molecule has 0 atom stereocenters. The number of benzene rings is 1. The average Bonchev–Trinajstić information content (AvgIpc) is 3.00. The minimum atomic E-state index is -0.554. The fraction of sp³-hybridized carbons (Fsp3) is 0.579. The van der Waals surface area contributed by atoms with Gasteiger partial charge in [-0.15, -0.1) is 11.8 Å². The molecule has 0 heterocycles. The van der Waals surface area contributed by atoms with Crippen LogP contribution < -0.4 is 10.6 Å². The Balaban J connectivity index is 2.07. The molecule has 26 heavy (non-hydrogen) atoms. The van der Waals surface area contributed by atoms with Gasteiger partial charge in [-0.2, -0.15) is 0 Å². The number of hydrogen-bond donors (Lipinski definition) is 2. The number of alkyl carbamates (subject to hydrolysis) is 1. The van der Waals surface area contributed by atoms with Gasteiger partial charge in [0.1, 0.15) is 5.60 Å². The number of ether oxygens (including phenoxy) is 1. The average molecular weight is 399 g/mol. The molecule has 0 bridgehead atoms. The molecule has 1 aliphatic rings. The molecular weight excluding hydrogens is 372 g/mol. The lowest BCUT2D eigenvalue weighted by molar-refractivity contribution is 0.0505. The molecule has 1 aliphatic carbocycles. The van der Waals surface area contributed by atoms with E-state index < -0.39 is 17.2 Å². The van der Waals surface area contributed by atoms with Gasteiger partial charge in [0, 0.05) is 11.4 Å². The van der Waals surface area contributed by atoms with Gasteiger partial charge in [-0.25, -0.2) is 4.79 Å². The largest absolute Gasteiger partial charge is 0.444 e. The summed E-state index contributed by atoms with van der Waals surface area (Å²) in [5, 5.41) is 6.34. The molecule has 0 aromatic heterocycles. The van der Waals surface area contributed by atoms with Crippen molar-refractivity contribution in [2.45, 2.75) is 62.5 Å². The first-order valence-electron chi connectivity index (χ1n) is 8.77. The van der Waals surface area contributed by atoms with Gasteiger partial charge in [0.05, 0.1) is 16.1 Å². The standard InChI is InChI=1S/C19H27ClN2O3S/c1-18(2,3)25-17(24)21-12-19(9-5-6-10-19)22-16(23)14-11-13(26-4)7-8-15(14)20/h7-8,11H,5-6,9-10,12H2,1-4H3,(H,21,24)(H,22,23). The monoisotopic (exact) mass is 398 g/mol. The molecule has 1 saturated carbocycles. The highest BCUT2D eigenvalue weighted by atomic mass is 35.5. The van der Waals surface area contributed by atoms with Crippen molar-refractivity contribution in [2.75, 3.05) is 12.8 Å². The number of hydrogen-bond acceptors (Lipinski definition) is 4. The highest BCUT2D eigenvalue weighted by Gasteiger charge is 2.36. The van der Waals surface area contributed by atoms with Gasteiger partial charge in [0.15, 0.2) is 0 Å². The van der Waals surface area contributed by atoms with Crippen LogP contribution in [0.3, 0.4) is 0 Å². The van der Waals surface area contributed by atoms with Crippen LogP contribution in [-0.4, -0.2) is 35.9 Å². The highest BCUT2D eigenvalue weighted by Crippen LogP contribution is 2.31. The highest BCUT2D eigenvalue weighted by molar-refractivity contribution is 7.98. The maximum Gasteiger partial charge on any atom is 0.407 e. The summed E-state index contributed by atoms with van der Waals surface area (Å²) in [6.07, 6.45) is 5.13. The first-order valence-corrected chi connectivity index (χ1v) is 10.4. The molecule has 144 valence electrons. The summed E-state index contributed by atoms with van der Waals surface area (Å²) in [5.41, 5.74) is -0.559. The quantitative estimate of drug-likeness (QED) is 0.709. The van der Waals surface area contributed by atoms with Gasteiger partial charge in [-0.1, -0.05) is 24.4 Å². The van der Waals surface area contributed by atoms with E-state index in [9.17, 15) is 9.59 Å². The molecule has 0 unspecified atom stereocenters. The number of nitrogens with one attached hydrogen (secondary N) is 2. The number of amides is 2. The Morgan fingerprint density at radius 2 is 1.92 bits per heavy atom. The number of thioether (sulfide) groups is 1. The minimum Gasteiger partial charge on any atom is -0.444 e. The van der Waals surface area contributed by atoms with Gasteiger partial charge in [-0.3, -0.25) is 4.79 Å². The Morgan fingerprint density at radius 1 is 1.27 bits per heavy atom. The summed E-state index contributed by atoms with van der Waals surface area (Å²) in [5.74, 6) is -0.209. The first-order chi connectivity index (χ1) is 12.1. The molecule has 1 fully saturated rings. The molecule has 5 nitrogen and oxygen atoms in total. The number of carbonyl (C=O) groups excluding carboxylic acids is 2. The molecule has 7 heteroatoms. The van der Waals surface area contributed by atoms with Crippen LogP contribution in [0.25, 0.3) is 0 Å². The molecule has 0 spiro atoms. The van der Waals surface area contributed by atoms with Crippen LogP contribution in [0.15, 0.2) is 23.1 Å². The van der Waals surface area contributed by atoms with E-state index in [-0.39, 0.29) is 5.91 Å². The second-order valence-corrected chi connectivity index (χ2v) is 8.93. The Bertz CT molecular complexity index is 667. The van der Waals surface area contributed by atoms with E-state index in [1.165, 1.54) is 0 Å². The van der Waals surface area contributed by atoms with Crippen molar-refractivity contribution in [3.05, 3.63) is 28.8 Å². The molecule has 0 saturated heterocycles. The molecule has 1 aromatic carbocycles. The summed E-state index contributed by atoms with van der Waals surface area (Å²) in [6, 6.07) is 5.42. The fourth-order valence-corrected chi connectivity index (χ4v) is 3.71. The van der Waals surface area contributed by atoms with Crippen molar-refractivity contribution in [1.29, 1.82) is 0 Å². The number of halogens is 1. The van der Waals surface area contributed by atoms with Crippen molar-refractivity contribution in [3.8, 4) is 0 Å². The van der Waals surface area contributed by atoms with E-state index in [0.717, 1.165) is 30.6 Å². The predicted octanol–water partition coefficient (Wildman–Crippen LogP) is 4.63. The summed E-state index contributed by atoms with van der Waals surface area (Å²) in [6.45, 7) is 5.80. The van der Waals surface area contributed by atoms with E-state index in [2.05, 4.69) is 10.6 Å². The summed E-state index contributed by atoms with van der Waals surface area (Å²) >= 11 is 7.78. The third kappa shape index (κ3) is 5.81. The maximum absolute atomic E-state index is 12.8. The molecule has 2 rings (SSSR count). The summed E-state index contributed by atoms with van der Waals surface area (Å²) < 4.78 is 5.29. The molecule has 1 aromatic rings. The fourth-order valence-electron chi connectivity index (χ4n) is 3.07. The van der Waals surface area contributed by atoms with Crippen molar-refractivity contribution in [1.82, 2.24) is 10.6 Å². The molecule has 0 aliphatic heterocycles. The van der Waals surface area contributed by atoms with Crippen LogP contribution in [0.5, 0.6) is 0 Å². The lowest BCUT2D eigenvalue weighted by Gasteiger charge is -2.31. The van der Waals surface area contributed by atoms with E-state index >= 15 is 0 Å². The minimum absolute atomic E-state index is 0.209. The zero-order chi connectivity index (χ0) is 19.4. The first kappa shape index (κ1) is 20.9. The smallest absolute Gasteiger partial charge is 0.407 e. The topological polar surface area (TPSA) is 67.4 Å². The SMILES string of the molecule is CSc1ccc(Cl)c(C(=O)NC2(CNC(=O)OC(C)(C)C)CCCC2)c1. The van der Waals surface area contributed by atoms with Gasteiger partial charge in [0.2, 0.25) is 0 Å². The lowest BCUT2D eigenvalue weighted by atomic mass is 9.96. The van der Waals surface area contributed by atoms with Crippen LogP contribution >= 0.6 is 23.4 Å². The maximum atomic E-state index is 12.8. The predicted molar refractivity (Wildman–Crippen MR) is 106 cm³/mol. The Hall–Kier alpha value is -1.40. The number of rotatable bonds is 5. The normalized spacial score (nSPS) is 16.2. The summed E-state index contributed by atoms with van der Waals surface area (Å²) in [7, 11) is 0. The lowest BCUT2D eigenvalue weighted by Crippen LogP contribution is -2.54. The Kier molecular flexibility index (Phi) is 6.86. The van der Waals surface area contributed by atoms with Crippen LogP contribution in [0.1, 0.15) is 56.8 Å². The van der Waals surface area contributed by atoms with Gasteiger partial charge in [-0.05, 0) is 58.1 Å². The van der Waals surface area contributed by atoms with E-state index in [1.807, 2.05) is 33.1 Å². The van der Waals surface area contributed by atoms with Crippen molar-refractivity contribution in [2.24, 2.45) is 0 Å². The Morgan fingerprint density at radius 3 is 2.50 bits per heavy atom. The van der Waals surface area contributed by atoms with Crippen LogP contribution in [0.2, 0.25) is 5.02 Å². The third-order valence-electron chi connectivity index (χ3n) is 4.33. The van der Waals surface area contributed by atoms with Crippen molar-refractivity contribution in [3.63, 3.8) is 0 Å². The molecule has 2 amide bonds. The van der Waals surface area contributed by atoms with E-state index in [1.54, 1.807) is 23.9 Å². The zero-order valence-electron chi connectivity index (χ0n) is 15.8. The van der Waals surface area contributed by atoms with Crippen LogP contribution in [0, 0.1) is 0 Å². The van der Waals surface area contributed by atoms with E-state index in [0.29, 0.717) is 17.1 Å². The second-order valence-electron chi connectivity index (χ2n) is 7.64. The van der Waals surface area contributed by atoms with Gasteiger partial charge < -0.3 is 15.4 Å². The van der Waals surface area contributed by atoms with Crippen LogP contribution in [-0.2, 0) is 4.74 Å². The second kappa shape index (κ2) is 8.53. The van der Waals surface area contributed by atoms with Gasteiger partial charge >= 0.3 is 6.09 Å². The number of carbonyl (C=O) groups is 2. The zero-order valence-corrected chi connectivity index (χ0v) is 17.4.